The summed E-state index contributed by atoms with van der Waals surface area (Å²) in [5.74, 6) is -21.9. The second-order valence-corrected chi connectivity index (χ2v) is 10.6. The maximum absolute atomic E-state index is 13.6. The largest absolute Gasteiger partial charge is 0.504 e. The van der Waals surface area contributed by atoms with Crippen LogP contribution in [0, 0.1) is 0 Å². The third kappa shape index (κ3) is 4.21. The van der Waals surface area contributed by atoms with Crippen LogP contribution in [0.4, 0.5) is 0 Å². The van der Waals surface area contributed by atoms with E-state index in [0.717, 1.165) is 0 Å². The first kappa shape index (κ1) is 30.8. The number of fused-ring (bicyclic) bond motifs is 2. The van der Waals surface area contributed by atoms with Crippen LogP contribution in [0.15, 0.2) is 29.8 Å². The van der Waals surface area contributed by atoms with E-state index in [1.165, 1.54) is 0 Å². The minimum atomic E-state index is -3.81. The number of phenolic OH excluding ortho intramolecular Hbond substituents is 5. The predicted molar refractivity (Wildman–Crippen MR) is 136 cm³/mol. The smallest absolute Gasteiger partial charge is 0.340 e. The summed E-state index contributed by atoms with van der Waals surface area (Å²) in [7, 11) is 0. The Hall–Kier alpha value is -5.18. The van der Waals surface area contributed by atoms with Gasteiger partial charge in [0.1, 0.15) is 12.2 Å². The molecule has 0 aromatic heterocycles. The van der Waals surface area contributed by atoms with Crippen molar-refractivity contribution in [2.24, 2.45) is 0 Å². The molecule has 3 aliphatic heterocycles. The lowest BCUT2D eigenvalue weighted by Gasteiger charge is -2.43. The van der Waals surface area contributed by atoms with Crippen molar-refractivity contribution in [1.29, 1.82) is 0 Å². The van der Waals surface area contributed by atoms with Crippen molar-refractivity contribution in [1.82, 2.24) is 0 Å². The number of hydrogen-bond acceptors (Lipinski definition) is 19. The standard InChI is InChI=1S/C27H22O19/c28-5-12-19-18(35)21(25(42-12)45-22(36)6-1-9(29)16(33)10(30)2-6)44-23(37)7-3-11(31)17(34)20-14(7)15-8(24(38)43-19)4-13(32)26(39,40)27(15,41)46-20/h1-4,12,15,18-19,21,25,28-31,33-35,39-41H,5H2/t12-,15+,18+,19-,21-,25+,27?/m1/s1. The van der Waals surface area contributed by atoms with Crippen molar-refractivity contribution < 1.29 is 93.9 Å². The van der Waals surface area contributed by atoms with Gasteiger partial charge in [0.15, 0.2) is 41.0 Å². The van der Waals surface area contributed by atoms with Crippen LogP contribution in [0.25, 0.3) is 0 Å². The van der Waals surface area contributed by atoms with Gasteiger partial charge in [-0.25, -0.2) is 14.4 Å². The van der Waals surface area contributed by atoms with Crippen LogP contribution in [0.5, 0.6) is 34.5 Å². The quantitative estimate of drug-likeness (QED) is 0.0683. The van der Waals surface area contributed by atoms with E-state index in [9.17, 15) is 70.2 Å². The maximum atomic E-state index is 13.6. The normalized spacial score (nSPS) is 31.0. The Balaban J connectivity index is 1.48. The minimum absolute atomic E-state index is 0.339. The van der Waals surface area contributed by atoms with Gasteiger partial charge in [-0.2, -0.15) is 0 Å². The first-order valence-electron chi connectivity index (χ1n) is 13.0. The van der Waals surface area contributed by atoms with Crippen LogP contribution in [-0.2, 0) is 28.5 Å². The number of benzene rings is 2. The molecule has 0 radical (unpaired) electrons. The first-order valence-corrected chi connectivity index (χ1v) is 13.0. The van der Waals surface area contributed by atoms with Gasteiger partial charge in [0.05, 0.1) is 29.2 Å². The van der Waals surface area contributed by atoms with E-state index in [1.807, 2.05) is 0 Å². The molecular formula is C27H22O19. The number of ketones is 1. The monoisotopic (exact) mass is 650 g/mol. The molecule has 1 saturated heterocycles. The fourth-order valence-corrected chi connectivity index (χ4v) is 5.62. The SMILES string of the molecule is O=C1O[C@H]2[C@H](O)[C@@H](OC(=O)c3cc(O)c(O)c4c3[C@@H]3C1=CC(=O)C(O)(O)C3(O)O4)[C@H](OC(=O)c1cc(O)c(O)c(O)c1)O[C@@H]2CO. The summed E-state index contributed by atoms with van der Waals surface area (Å²) in [5, 5.41) is 104. The average molecular weight is 650 g/mol. The van der Waals surface area contributed by atoms with E-state index in [-0.39, 0.29) is 0 Å². The van der Waals surface area contributed by atoms with E-state index < -0.39 is 135 Å². The van der Waals surface area contributed by atoms with E-state index in [1.54, 1.807) is 0 Å². The molecule has 0 amide bonds. The summed E-state index contributed by atoms with van der Waals surface area (Å²) >= 11 is 0. The lowest BCUT2D eigenvalue weighted by Crippen LogP contribution is -2.66. The van der Waals surface area contributed by atoms with Crippen molar-refractivity contribution >= 4 is 23.7 Å². The summed E-state index contributed by atoms with van der Waals surface area (Å²) in [6.07, 6.45) is -9.88. The van der Waals surface area contributed by atoms with Gasteiger partial charge in [0.25, 0.3) is 11.6 Å². The minimum Gasteiger partial charge on any atom is -0.504 e. The molecule has 7 atom stereocenters. The number of ether oxygens (including phenoxy) is 5. The summed E-state index contributed by atoms with van der Waals surface area (Å²) < 4.78 is 26.4. The number of carbonyl (C=O) groups excluding carboxylic acids is 4. The zero-order valence-electron chi connectivity index (χ0n) is 22.6. The van der Waals surface area contributed by atoms with Gasteiger partial charge < -0.3 is 74.7 Å². The number of carbonyl (C=O) groups is 4. The van der Waals surface area contributed by atoms with Crippen LogP contribution in [0.1, 0.15) is 32.2 Å². The number of hydrogen-bond donors (Lipinski definition) is 10. The average Bonchev–Trinajstić information content (AvgIpc) is 3.32. The molecule has 6 rings (SSSR count). The molecule has 244 valence electrons. The number of phenols is 5. The van der Waals surface area contributed by atoms with Crippen molar-refractivity contribution in [2.75, 3.05) is 6.61 Å². The zero-order chi connectivity index (χ0) is 33.6. The highest BCUT2D eigenvalue weighted by Crippen LogP contribution is 2.59. The molecule has 1 fully saturated rings. The molecule has 2 aromatic rings. The molecule has 1 aliphatic carbocycles. The van der Waals surface area contributed by atoms with Crippen LogP contribution >= 0.6 is 0 Å². The molecule has 19 nitrogen and oxygen atoms in total. The van der Waals surface area contributed by atoms with Gasteiger partial charge in [0, 0.05) is 5.56 Å². The van der Waals surface area contributed by atoms with Crippen molar-refractivity contribution in [3.8, 4) is 34.5 Å². The highest BCUT2D eigenvalue weighted by atomic mass is 16.7. The molecule has 4 aliphatic rings. The highest BCUT2D eigenvalue weighted by Gasteiger charge is 2.70. The zero-order valence-corrected chi connectivity index (χ0v) is 22.6. The van der Waals surface area contributed by atoms with Crippen LogP contribution < -0.4 is 4.74 Å². The molecule has 46 heavy (non-hydrogen) atoms. The Morgan fingerprint density at radius 1 is 0.870 bits per heavy atom. The van der Waals surface area contributed by atoms with E-state index in [0.29, 0.717) is 24.3 Å². The van der Waals surface area contributed by atoms with E-state index >= 15 is 0 Å². The number of aromatic hydroxyl groups is 5. The van der Waals surface area contributed by atoms with Crippen LogP contribution in [-0.4, -0.2) is 124 Å². The number of aliphatic hydroxyl groups is 5. The Labute approximate surface area is 253 Å². The first-order chi connectivity index (χ1) is 21.5. The molecule has 2 aromatic carbocycles. The lowest BCUT2D eigenvalue weighted by atomic mass is 9.74. The third-order valence-corrected chi connectivity index (χ3v) is 7.92. The lowest BCUT2D eigenvalue weighted by molar-refractivity contribution is -0.323. The van der Waals surface area contributed by atoms with Gasteiger partial charge in [-0.3, -0.25) is 4.79 Å². The summed E-state index contributed by atoms with van der Waals surface area (Å²) in [5.41, 5.74) is -3.02. The second-order valence-electron chi connectivity index (χ2n) is 10.6. The van der Waals surface area contributed by atoms with Gasteiger partial charge in [0.2, 0.25) is 17.8 Å². The highest BCUT2D eigenvalue weighted by molar-refractivity contribution is 6.08. The van der Waals surface area contributed by atoms with Crippen molar-refractivity contribution in [3.63, 3.8) is 0 Å². The molecule has 3 heterocycles. The Morgan fingerprint density at radius 3 is 2.11 bits per heavy atom. The Kier molecular flexibility index (Phi) is 6.82. The topological polar surface area (TPSA) is 317 Å². The number of aliphatic hydroxyl groups excluding tert-OH is 2. The third-order valence-electron chi connectivity index (χ3n) is 7.92. The van der Waals surface area contributed by atoms with Crippen molar-refractivity contribution in [3.05, 3.63) is 46.5 Å². The molecule has 2 bridgehead atoms. The summed E-state index contributed by atoms with van der Waals surface area (Å²) in [4.78, 5) is 52.8. The van der Waals surface area contributed by atoms with Crippen molar-refractivity contribution in [2.45, 2.75) is 48.2 Å². The fraction of sp³-hybridized carbons (Fsp3) is 0.333. The maximum Gasteiger partial charge on any atom is 0.340 e. The van der Waals surface area contributed by atoms with Gasteiger partial charge in [-0.15, -0.1) is 0 Å². The summed E-state index contributed by atoms with van der Waals surface area (Å²) in [6.45, 7) is -1.05. The molecule has 1 unspecified atom stereocenters. The molecule has 0 saturated carbocycles. The Morgan fingerprint density at radius 2 is 1.48 bits per heavy atom. The molecule has 0 spiro atoms. The van der Waals surface area contributed by atoms with Gasteiger partial charge >= 0.3 is 17.9 Å². The predicted octanol–water partition coefficient (Wildman–Crippen LogP) is -3.04. The second kappa shape index (κ2) is 10.2. The number of rotatable bonds is 3. The molecular weight excluding hydrogens is 628 g/mol. The van der Waals surface area contributed by atoms with Gasteiger partial charge in [-0.05, 0) is 24.3 Å². The fourth-order valence-electron chi connectivity index (χ4n) is 5.62. The van der Waals surface area contributed by atoms with Crippen LogP contribution in [0.2, 0.25) is 0 Å². The summed E-state index contributed by atoms with van der Waals surface area (Å²) in [6, 6.07) is 1.92. The molecule has 19 heteroatoms. The van der Waals surface area contributed by atoms with Gasteiger partial charge in [-0.1, -0.05) is 0 Å². The van der Waals surface area contributed by atoms with E-state index in [2.05, 4.69) is 0 Å². The van der Waals surface area contributed by atoms with E-state index in [4.69, 9.17) is 23.7 Å². The molecule has 10 N–H and O–H groups in total. The Bertz CT molecular complexity index is 1720. The van der Waals surface area contributed by atoms with Crippen LogP contribution in [0.3, 0.4) is 0 Å². The number of esters is 3.